The highest BCUT2D eigenvalue weighted by Crippen LogP contribution is 2.31. The second-order valence-corrected chi connectivity index (χ2v) is 4.35. The van der Waals surface area contributed by atoms with Crippen LogP contribution >= 0.6 is 34.8 Å². The molecule has 0 rings (SSSR count). The Hall–Kier alpha value is 0.340. The van der Waals surface area contributed by atoms with E-state index in [-0.39, 0.29) is 6.42 Å². The highest BCUT2D eigenvalue weighted by atomic mass is 35.6. The number of ether oxygens (including phenoxy) is 1. The van der Waals surface area contributed by atoms with E-state index in [0.717, 1.165) is 0 Å². The minimum atomic E-state index is -1.36. The van der Waals surface area contributed by atoms with Gasteiger partial charge >= 0.3 is 6.47 Å². The third-order valence-corrected chi connectivity index (χ3v) is 1.23. The molecule has 1 atom stereocenters. The molecule has 5 heteroatoms. The second-order valence-electron chi connectivity index (χ2n) is 1.83. The fourth-order valence-electron chi connectivity index (χ4n) is 0.450. The zero-order chi connectivity index (χ0) is 8.20. The number of halogens is 3. The fraction of sp³-hybridized carbons (Fsp3) is 0.800. The first-order chi connectivity index (χ1) is 4.45. The molecule has 0 aromatic rings. The highest BCUT2D eigenvalue weighted by molar-refractivity contribution is 6.67. The molecule has 10 heavy (non-hydrogen) atoms. The summed E-state index contributed by atoms with van der Waals surface area (Å²) in [6.07, 6.45) is -0.239. The summed E-state index contributed by atoms with van der Waals surface area (Å²) in [6.45, 7) is 2.88. The molecule has 0 aliphatic carbocycles. The lowest BCUT2D eigenvalue weighted by molar-refractivity contribution is 0.186. The molecule has 0 fully saturated rings. The summed E-state index contributed by atoms with van der Waals surface area (Å²) >= 11 is 16.2. The van der Waals surface area contributed by atoms with Crippen molar-refractivity contribution in [1.29, 1.82) is 0 Å². The molecular weight excluding hydrogens is 198 g/mol. The lowest BCUT2D eigenvalue weighted by atomic mass is 10.3. The summed E-state index contributed by atoms with van der Waals surface area (Å²) < 4.78 is 2.99. The van der Waals surface area contributed by atoms with Crippen molar-refractivity contribution in [3.63, 3.8) is 0 Å². The molecule has 0 heterocycles. The van der Waals surface area contributed by atoms with Gasteiger partial charge < -0.3 is 4.74 Å². The molecule has 0 saturated carbocycles. The zero-order valence-electron chi connectivity index (χ0n) is 5.23. The summed E-state index contributed by atoms with van der Waals surface area (Å²) in [4.78, 5) is 9.62. The molecule has 2 nitrogen and oxygen atoms in total. The van der Waals surface area contributed by atoms with Crippen molar-refractivity contribution in [2.24, 2.45) is 0 Å². The van der Waals surface area contributed by atoms with Crippen molar-refractivity contribution in [3.05, 3.63) is 0 Å². The van der Waals surface area contributed by atoms with E-state index in [1.54, 1.807) is 6.92 Å². The van der Waals surface area contributed by atoms with Crippen LogP contribution < -0.4 is 0 Å². The first-order valence-corrected chi connectivity index (χ1v) is 3.68. The normalized spacial score (nSPS) is 14.4. The lowest BCUT2D eigenvalue weighted by Gasteiger charge is -2.14. The van der Waals surface area contributed by atoms with Crippen LogP contribution in [0.3, 0.4) is 0 Å². The van der Waals surface area contributed by atoms with Crippen LogP contribution in [0.25, 0.3) is 0 Å². The van der Waals surface area contributed by atoms with Gasteiger partial charge in [0.05, 0.1) is 0 Å². The van der Waals surface area contributed by atoms with Crippen LogP contribution in [0.4, 0.5) is 0 Å². The molecular formula is C5H6Cl3O2. The first-order valence-electron chi connectivity index (χ1n) is 2.55. The van der Waals surface area contributed by atoms with Gasteiger partial charge in [0.25, 0.3) is 0 Å². The van der Waals surface area contributed by atoms with Gasteiger partial charge in [-0.15, -0.1) is 0 Å². The van der Waals surface area contributed by atoms with Crippen molar-refractivity contribution in [2.45, 2.75) is 23.2 Å². The SMILES string of the molecule is CC(CC(Cl)(Cl)Cl)O[C]=O. The van der Waals surface area contributed by atoms with Crippen LogP contribution in [0.1, 0.15) is 13.3 Å². The van der Waals surface area contributed by atoms with Crippen LogP contribution in [-0.4, -0.2) is 16.4 Å². The molecule has 0 saturated heterocycles. The monoisotopic (exact) mass is 203 g/mol. The van der Waals surface area contributed by atoms with E-state index in [0.29, 0.717) is 0 Å². The van der Waals surface area contributed by atoms with Crippen LogP contribution in [0.2, 0.25) is 0 Å². The Morgan fingerprint density at radius 2 is 2.10 bits per heavy atom. The molecule has 0 aliphatic heterocycles. The molecule has 0 amide bonds. The van der Waals surface area contributed by atoms with E-state index in [9.17, 15) is 4.79 Å². The van der Waals surface area contributed by atoms with Crippen LogP contribution in [0.5, 0.6) is 0 Å². The van der Waals surface area contributed by atoms with E-state index in [4.69, 9.17) is 34.8 Å². The number of alkyl halides is 3. The quantitative estimate of drug-likeness (QED) is 0.659. The molecule has 0 aromatic heterocycles. The van der Waals surface area contributed by atoms with Crippen LogP contribution in [0.15, 0.2) is 0 Å². The minimum Gasteiger partial charge on any atom is -0.454 e. The van der Waals surface area contributed by atoms with Crippen molar-refractivity contribution < 1.29 is 9.53 Å². The summed E-state index contributed by atoms with van der Waals surface area (Å²) in [7, 11) is 0. The molecule has 0 N–H and O–H groups in total. The van der Waals surface area contributed by atoms with E-state index >= 15 is 0 Å². The van der Waals surface area contributed by atoms with Crippen molar-refractivity contribution in [2.75, 3.05) is 0 Å². The lowest BCUT2D eigenvalue weighted by Crippen LogP contribution is -2.16. The zero-order valence-corrected chi connectivity index (χ0v) is 7.50. The van der Waals surface area contributed by atoms with Gasteiger partial charge in [-0.1, -0.05) is 34.8 Å². The smallest absolute Gasteiger partial charge is 0.417 e. The largest absolute Gasteiger partial charge is 0.454 e. The summed E-state index contributed by atoms with van der Waals surface area (Å²) in [5, 5.41) is 0. The number of hydrogen-bond donors (Lipinski definition) is 0. The number of rotatable bonds is 3. The summed E-state index contributed by atoms with van der Waals surface area (Å²) in [6, 6.07) is 0. The van der Waals surface area contributed by atoms with Crippen LogP contribution in [0, 0.1) is 0 Å². The highest BCUT2D eigenvalue weighted by Gasteiger charge is 2.23. The van der Waals surface area contributed by atoms with Gasteiger partial charge in [0, 0.05) is 6.42 Å². The van der Waals surface area contributed by atoms with E-state index in [2.05, 4.69) is 4.74 Å². The van der Waals surface area contributed by atoms with Gasteiger partial charge in [0.2, 0.25) is 0 Å². The Morgan fingerprint density at radius 3 is 2.40 bits per heavy atom. The molecule has 0 spiro atoms. The van der Waals surface area contributed by atoms with Gasteiger partial charge in [-0.3, -0.25) is 0 Å². The van der Waals surface area contributed by atoms with Gasteiger partial charge in [0.15, 0.2) is 3.79 Å². The fourth-order valence-corrected chi connectivity index (χ4v) is 1.10. The maximum atomic E-state index is 9.62. The van der Waals surface area contributed by atoms with Crippen molar-refractivity contribution >= 4 is 41.3 Å². The molecule has 1 unspecified atom stereocenters. The van der Waals surface area contributed by atoms with E-state index < -0.39 is 9.90 Å². The molecule has 0 aliphatic rings. The molecule has 1 radical (unpaired) electrons. The Morgan fingerprint density at radius 1 is 1.60 bits per heavy atom. The Kier molecular flexibility index (Phi) is 4.41. The third-order valence-electron chi connectivity index (χ3n) is 0.768. The van der Waals surface area contributed by atoms with E-state index in [1.807, 2.05) is 0 Å². The van der Waals surface area contributed by atoms with Gasteiger partial charge in [0.1, 0.15) is 6.10 Å². The maximum Gasteiger partial charge on any atom is 0.417 e. The third kappa shape index (κ3) is 6.46. The second kappa shape index (κ2) is 4.27. The average molecular weight is 204 g/mol. The summed E-state index contributed by atoms with van der Waals surface area (Å²) in [5.41, 5.74) is 0. The topological polar surface area (TPSA) is 26.3 Å². The predicted molar refractivity (Wildman–Crippen MR) is 41.1 cm³/mol. The summed E-state index contributed by atoms with van der Waals surface area (Å²) in [5.74, 6) is 0. The minimum absolute atomic E-state index is 0.174. The maximum absolute atomic E-state index is 9.62. The Labute approximate surface area is 74.4 Å². The van der Waals surface area contributed by atoms with E-state index in [1.165, 1.54) is 6.47 Å². The molecule has 0 bridgehead atoms. The first kappa shape index (κ1) is 10.3. The van der Waals surface area contributed by atoms with Crippen LogP contribution in [-0.2, 0) is 9.53 Å². The van der Waals surface area contributed by atoms with Gasteiger partial charge in [-0.05, 0) is 6.92 Å². The molecule has 0 aromatic carbocycles. The number of hydrogen-bond acceptors (Lipinski definition) is 2. The van der Waals surface area contributed by atoms with Crippen molar-refractivity contribution in [1.82, 2.24) is 0 Å². The average Bonchev–Trinajstić information content (AvgIpc) is 1.59. The predicted octanol–water partition coefficient (Wildman–Crippen LogP) is 2.22. The molecule has 59 valence electrons. The Bertz CT molecular complexity index is 110. The van der Waals surface area contributed by atoms with Gasteiger partial charge in [-0.2, -0.15) is 0 Å². The Balaban J connectivity index is 3.56. The van der Waals surface area contributed by atoms with Gasteiger partial charge in [-0.25, -0.2) is 4.79 Å². The number of carbonyl (C=O) groups excluding carboxylic acids is 1. The van der Waals surface area contributed by atoms with Crippen molar-refractivity contribution in [3.8, 4) is 0 Å². The standard InChI is InChI=1S/C5H6Cl3O2/c1-4(10-3-9)2-5(6,7)8/h4H,2H2,1H3.